The van der Waals surface area contributed by atoms with E-state index in [-0.39, 0.29) is 17.4 Å². The summed E-state index contributed by atoms with van der Waals surface area (Å²) in [4.78, 5) is 36.3. The lowest BCUT2D eigenvalue weighted by Gasteiger charge is -2.70. The number of aromatic nitrogens is 3. The number of oxazole rings is 1. The van der Waals surface area contributed by atoms with Crippen molar-refractivity contribution < 1.29 is 22.8 Å². The van der Waals surface area contributed by atoms with Crippen molar-refractivity contribution in [2.45, 2.75) is 36.8 Å². The fraction of sp³-hybridized carbons (Fsp3) is 0.286. The number of benzene rings is 1. The zero-order chi connectivity index (χ0) is 21.6. The average Bonchev–Trinajstić information content (AvgIpc) is 3.22. The van der Waals surface area contributed by atoms with Gasteiger partial charge in [-0.1, -0.05) is 18.2 Å². The molecule has 6 rings (SSSR count). The van der Waals surface area contributed by atoms with Crippen molar-refractivity contribution in [2.75, 3.05) is 0 Å². The van der Waals surface area contributed by atoms with Crippen molar-refractivity contribution in [1.29, 1.82) is 0 Å². The second kappa shape index (κ2) is 6.93. The standard InChI is InChI=1S/C21H17F2N5O3/c22-16(23)13-6-25-14(7-24-13)17(29)27-20-9-21(10-20,11-20)28-18(30)15-8-26-19(31-15)12-4-2-1-3-5-12/h1-8,16H,9-11H2,(H,27,29)(H,28,30). The molecule has 10 heteroatoms. The average molecular weight is 425 g/mol. The molecular weight excluding hydrogens is 408 g/mol. The van der Waals surface area contributed by atoms with Crippen LogP contribution in [0.2, 0.25) is 0 Å². The maximum absolute atomic E-state index is 12.5. The highest BCUT2D eigenvalue weighted by Crippen LogP contribution is 2.60. The predicted molar refractivity (Wildman–Crippen MR) is 103 cm³/mol. The van der Waals surface area contributed by atoms with E-state index < -0.39 is 29.1 Å². The molecule has 2 aromatic heterocycles. The molecule has 0 radical (unpaired) electrons. The Morgan fingerprint density at radius 2 is 1.58 bits per heavy atom. The van der Waals surface area contributed by atoms with E-state index in [9.17, 15) is 18.4 Å². The minimum atomic E-state index is -2.74. The Morgan fingerprint density at radius 3 is 2.19 bits per heavy atom. The zero-order valence-corrected chi connectivity index (χ0v) is 16.1. The van der Waals surface area contributed by atoms with Crippen LogP contribution in [-0.4, -0.2) is 37.8 Å². The first-order chi connectivity index (χ1) is 14.9. The van der Waals surface area contributed by atoms with Crippen LogP contribution in [0.25, 0.3) is 11.5 Å². The summed E-state index contributed by atoms with van der Waals surface area (Å²) in [6, 6.07) is 9.27. The van der Waals surface area contributed by atoms with Gasteiger partial charge in [0.25, 0.3) is 18.2 Å². The fourth-order valence-corrected chi connectivity index (χ4v) is 4.32. The summed E-state index contributed by atoms with van der Waals surface area (Å²) >= 11 is 0. The Hall–Kier alpha value is -3.69. The number of nitrogens with one attached hydrogen (secondary N) is 2. The molecule has 3 aromatic rings. The Labute approximate surface area is 175 Å². The summed E-state index contributed by atoms with van der Waals surface area (Å²) in [6.45, 7) is 0. The van der Waals surface area contributed by atoms with E-state index in [2.05, 4.69) is 25.6 Å². The molecule has 3 aliphatic carbocycles. The largest absolute Gasteiger partial charge is 0.431 e. The molecule has 158 valence electrons. The van der Waals surface area contributed by atoms with E-state index in [1.54, 1.807) is 0 Å². The van der Waals surface area contributed by atoms with Gasteiger partial charge in [-0.3, -0.25) is 14.6 Å². The van der Waals surface area contributed by atoms with Crippen molar-refractivity contribution in [2.24, 2.45) is 0 Å². The first-order valence-corrected chi connectivity index (χ1v) is 9.64. The highest BCUT2D eigenvalue weighted by molar-refractivity contribution is 5.94. The molecule has 2 amide bonds. The maximum atomic E-state index is 12.5. The number of hydrogen-bond donors (Lipinski definition) is 2. The fourth-order valence-electron chi connectivity index (χ4n) is 4.32. The molecule has 0 saturated heterocycles. The Morgan fingerprint density at radius 1 is 0.903 bits per heavy atom. The smallest absolute Gasteiger partial charge is 0.289 e. The number of hydrogen-bond acceptors (Lipinski definition) is 6. The quantitative estimate of drug-likeness (QED) is 0.629. The third kappa shape index (κ3) is 3.43. The van der Waals surface area contributed by atoms with Crippen LogP contribution in [0.5, 0.6) is 0 Å². The van der Waals surface area contributed by atoms with Crippen molar-refractivity contribution >= 4 is 11.8 Å². The summed E-state index contributed by atoms with van der Waals surface area (Å²) in [7, 11) is 0. The van der Waals surface area contributed by atoms with E-state index in [0.29, 0.717) is 25.2 Å². The molecule has 3 aliphatic rings. The molecule has 3 fully saturated rings. The molecule has 1 aromatic carbocycles. The van der Waals surface area contributed by atoms with E-state index in [1.807, 2.05) is 30.3 Å². The van der Waals surface area contributed by atoms with Crippen molar-refractivity contribution in [1.82, 2.24) is 25.6 Å². The van der Waals surface area contributed by atoms with Crippen LogP contribution < -0.4 is 10.6 Å². The van der Waals surface area contributed by atoms with Gasteiger partial charge in [-0.15, -0.1) is 0 Å². The second-order valence-electron chi connectivity index (χ2n) is 8.02. The highest BCUT2D eigenvalue weighted by Gasteiger charge is 2.69. The van der Waals surface area contributed by atoms with E-state index in [4.69, 9.17) is 4.42 Å². The Bertz CT molecular complexity index is 1130. The minimum absolute atomic E-state index is 0.0256. The van der Waals surface area contributed by atoms with Gasteiger partial charge < -0.3 is 15.1 Å². The topological polar surface area (TPSA) is 110 Å². The second-order valence-corrected chi connectivity index (χ2v) is 8.02. The number of halogens is 2. The lowest BCUT2D eigenvalue weighted by atomic mass is 9.44. The molecule has 0 aliphatic heterocycles. The lowest BCUT2D eigenvalue weighted by molar-refractivity contribution is -0.0908. The van der Waals surface area contributed by atoms with Crippen LogP contribution in [-0.2, 0) is 0 Å². The number of amides is 2. The summed E-state index contributed by atoms with van der Waals surface area (Å²) in [6.07, 6.45) is 2.29. The SMILES string of the molecule is O=C(NC12CC(NC(=O)c3cnc(-c4ccccc4)o3)(C1)C2)c1cnc(C(F)F)cn1. The number of alkyl halides is 2. The van der Waals surface area contributed by atoms with Gasteiger partial charge in [-0.2, -0.15) is 0 Å². The van der Waals surface area contributed by atoms with Gasteiger partial charge in [-0.25, -0.2) is 18.7 Å². The number of nitrogens with zero attached hydrogens (tertiary/aromatic N) is 3. The van der Waals surface area contributed by atoms with Gasteiger partial charge in [0.15, 0.2) is 0 Å². The maximum Gasteiger partial charge on any atom is 0.289 e. The predicted octanol–water partition coefficient (Wildman–Crippen LogP) is 2.90. The van der Waals surface area contributed by atoms with Gasteiger partial charge in [0, 0.05) is 16.6 Å². The van der Waals surface area contributed by atoms with Crippen LogP contribution in [0.4, 0.5) is 8.78 Å². The van der Waals surface area contributed by atoms with Gasteiger partial charge >= 0.3 is 0 Å². The van der Waals surface area contributed by atoms with Crippen LogP contribution in [0.15, 0.2) is 53.3 Å². The molecule has 2 heterocycles. The number of carbonyl (C=O) groups is 2. The van der Waals surface area contributed by atoms with Gasteiger partial charge in [0.1, 0.15) is 11.4 Å². The molecule has 8 nitrogen and oxygen atoms in total. The summed E-state index contributed by atoms with van der Waals surface area (Å²) in [5, 5.41) is 5.83. The van der Waals surface area contributed by atoms with Crippen molar-refractivity contribution in [3.8, 4) is 11.5 Å². The molecular formula is C21H17F2N5O3. The van der Waals surface area contributed by atoms with Gasteiger partial charge in [0.2, 0.25) is 11.7 Å². The highest BCUT2D eigenvalue weighted by atomic mass is 19.3. The Kier molecular flexibility index (Phi) is 4.31. The van der Waals surface area contributed by atoms with Crippen LogP contribution in [0.1, 0.15) is 52.4 Å². The monoisotopic (exact) mass is 425 g/mol. The summed E-state index contributed by atoms with van der Waals surface area (Å²) in [5.41, 5.74) is -0.549. The normalized spacial score (nSPS) is 23.6. The third-order valence-corrected chi connectivity index (χ3v) is 5.67. The Balaban J connectivity index is 1.16. The molecule has 0 unspecified atom stereocenters. The summed E-state index contributed by atoms with van der Waals surface area (Å²) < 4.78 is 30.7. The molecule has 31 heavy (non-hydrogen) atoms. The molecule has 0 atom stereocenters. The first-order valence-electron chi connectivity index (χ1n) is 9.64. The lowest BCUT2D eigenvalue weighted by Crippen LogP contribution is -2.83. The zero-order valence-electron chi connectivity index (χ0n) is 16.1. The van der Waals surface area contributed by atoms with E-state index in [0.717, 1.165) is 18.0 Å². The molecule has 2 N–H and O–H groups in total. The van der Waals surface area contributed by atoms with Gasteiger partial charge in [0.05, 0.1) is 18.6 Å². The van der Waals surface area contributed by atoms with E-state index in [1.165, 1.54) is 6.20 Å². The third-order valence-electron chi connectivity index (χ3n) is 5.67. The molecule has 0 spiro atoms. The molecule has 2 bridgehead atoms. The number of carbonyl (C=O) groups excluding carboxylic acids is 2. The van der Waals surface area contributed by atoms with Crippen LogP contribution in [0.3, 0.4) is 0 Å². The first kappa shape index (κ1) is 19.3. The molecule has 3 saturated carbocycles. The van der Waals surface area contributed by atoms with Crippen molar-refractivity contribution in [3.63, 3.8) is 0 Å². The summed E-state index contributed by atoms with van der Waals surface area (Å²) in [5.74, 6) is -0.347. The van der Waals surface area contributed by atoms with Crippen molar-refractivity contribution in [3.05, 3.63) is 66.1 Å². The number of rotatable bonds is 6. The minimum Gasteiger partial charge on any atom is -0.431 e. The van der Waals surface area contributed by atoms with E-state index >= 15 is 0 Å². The van der Waals surface area contributed by atoms with Crippen LogP contribution in [0, 0.1) is 0 Å². The van der Waals surface area contributed by atoms with Crippen LogP contribution >= 0.6 is 0 Å². The van der Waals surface area contributed by atoms with Gasteiger partial charge in [-0.05, 0) is 31.4 Å².